The predicted molar refractivity (Wildman–Crippen MR) is 63.8 cm³/mol. The molecular weight excluding hydrogens is 238 g/mol. The smallest absolute Gasteiger partial charge is 0.216 e. The minimum absolute atomic E-state index is 0.494. The van der Waals surface area contributed by atoms with Crippen LogP contribution in [0.5, 0.6) is 0 Å². The van der Waals surface area contributed by atoms with Crippen LogP contribution in [0.4, 0.5) is 0 Å². The van der Waals surface area contributed by atoms with E-state index in [-0.39, 0.29) is 0 Å². The molecule has 0 fully saturated rings. The molecule has 0 amide bonds. The Balaban J connectivity index is 2.20. The Bertz CT molecular complexity index is 691. The van der Waals surface area contributed by atoms with Gasteiger partial charge in [0, 0.05) is 10.6 Å². The number of nitrogens with zero attached hydrogens (tertiary/aromatic N) is 5. The van der Waals surface area contributed by atoms with Gasteiger partial charge in [0.05, 0.1) is 6.20 Å². The van der Waals surface area contributed by atoms with Gasteiger partial charge in [-0.1, -0.05) is 23.7 Å². The van der Waals surface area contributed by atoms with E-state index in [0.29, 0.717) is 16.6 Å². The van der Waals surface area contributed by atoms with Crippen molar-refractivity contribution < 1.29 is 0 Å². The molecule has 2 aromatic heterocycles. The monoisotopic (exact) mass is 245 g/mol. The average molecular weight is 246 g/mol. The minimum atomic E-state index is 0.494. The van der Waals surface area contributed by atoms with Crippen LogP contribution in [0, 0.1) is 6.92 Å². The number of aryl methyl sites for hydroxylation is 1. The van der Waals surface area contributed by atoms with Crippen molar-refractivity contribution in [3.8, 4) is 11.3 Å². The number of benzene rings is 1. The number of halogens is 1. The minimum Gasteiger partial charge on any atom is -0.216 e. The number of aromatic nitrogens is 5. The number of fused-ring (bicyclic) bond motifs is 1. The molecule has 0 aliphatic carbocycles. The quantitative estimate of drug-likeness (QED) is 0.659. The molecule has 1 aromatic carbocycles. The van der Waals surface area contributed by atoms with E-state index in [2.05, 4.69) is 20.3 Å². The fourth-order valence-electron chi connectivity index (χ4n) is 1.58. The summed E-state index contributed by atoms with van der Waals surface area (Å²) in [6.07, 6.45) is 1.66. The molecule has 0 aliphatic rings. The molecular formula is C11H8ClN5. The summed E-state index contributed by atoms with van der Waals surface area (Å²) < 4.78 is 1.61. The van der Waals surface area contributed by atoms with Crippen molar-refractivity contribution >= 4 is 17.4 Å². The number of hydrogen-bond donors (Lipinski definition) is 0. The van der Waals surface area contributed by atoms with Crippen LogP contribution in [0.15, 0.2) is 30.5 Å². The molecule has 17 heavy (non-hydrogen) atoms. The fourth-order valence-corrected chi connectivity index (χ4v) is 1.77. The normalized spacial score (nSPS) is 10.9. The van der Waals surface area contributed by atoms with Gasteiger partial charge in [-0.25, -0.2) is 4.98 Å². The van der Waals surface area contributed by atoms with Gasteiger partial charge >= 0.3 is 0 Å². The van der Waals surface area contributed by atoms with Crippen LogP contribution in [-0.4, -0.2) is 24.8 Å². The molecule has 0 atom stereocenters. The van der Waals surface area contributed by atoms with Crippen LogP contribution >= 0.6 is 11.6 Å². The Kier molecular flexibility index (Phi) is 2.26. The molecule has 0 unspecified atom stereocenters. The van der Waals surface area contributed by atoms with Crippen molar-refractivity contribution in [2.24, 2.45) is 0 Å². The molecule has 6 heteroatoms. The molecule has 2 heterocycles. The molecule has 5 nitrogen and oxygen atoms in total. The molecule has 0 saturated carbocycles. The third-order valence-corrected chi connectivity index (χ3v) is 2.65. The van der Waals surface area contributed by atoms with Crippen molar-refractivity contribution in [3.05, 3.63) is 41.3 Å². The van der Waals surface area contributed by atoms with E-state index >= 15 is 0 Å². The first-order valence-corrected chi connectivity index (χ1v) is 5.43. The third kappa shape index (κ3) is 1.74. The van der Waals surface area contributed by atoms with E-state index in [1.165, 1.54) is 0 Å². The first kappa shape index (κ1) is 10.2. The van der Waals surface area contributed by atoms with Crippen molar-refractivity contribution in [2.75, 3.05) is 0 Å². The van der Waals surface area contributed by atoms with Crippen LogP contribution in [0.2, 0.25) is 5.02 Å². The Labute approximate surface area is 102 Å². The van der Waals surface area contributed by atoms with Gasteiger partial charge in [-0.05, 0) is 19.1 Å². The Hall–Kier alpha value is -2.01. The lowest BCUT2D eigenvalue weighted by molar-refractivity contribution is 0.863. The van der Waals surface area contributed by atoms with Crippen LogP contribution in [0.3, 0.4) is 0 Å². The summed E-state index contributed by atoms with van der Waals surface area (Å²) in [7, 11) is 0. The zero-order valence-electron chi connectivity index (χ0n) is 9.00. The summed E-state index contributed by atoms with van der Waals surface area (Å²) in [5, 5.41) is 12.9. The number of rotatable bonds is 1. The second kappa shape index (κ2) is 3.78. The third-order valence-electron chi connectivity index (χ3n) is 2.41. The molecule has 3 rings (SSSR count). The molecule has 84 valence electrons. The lowest BCUT2D eigenvalue weighted by atomic mass is 10.2. The Morgan fingerprint density at radius 3 is 2.94 bits per heavy atom. The maximum Gasteiger partial charge on any atom is 0.271 e. The van der Waals surface area contributed by atoms with E-state index in [1.54, 1.807) is 10.7 Å². The standard InChI is InChI=1S/C11H8ClN5/c1-7-14-15-11-13-6-10(16-17(7)11)8-3-2-4-9(12)5-8/h2-6H,1H3. The fraction of sp³-hybridized carbons (Fsp3) is 0.0909. The van der Waals surface area contributed by atoms with Crippen molar-refractivity contribution in [1.29, 1.82) is 0 Å². The largest absolute Gasteiger partial charge is 0.271 e. The van der Waals surface area contributed by atoms with Gasteiger partial charge < -0.3 is 0 Å². The highest BCUT2D eigenvalue weighted by Gasteiger charge is 2.06. The zero-order chi connectivity index (χ0) is 11.8. The lowest BCUT2D eigenvalue weighted by Gasteiger charge is -2.01. The van der Waals surface area contributed by atoms with Crippen molar-refractivity contribution in [2.45, 2.75) is 6.92 Å². The maximum absolute atomic E-state index is 5.94. The van der Waals surface area contributed by atoms with E-state index in [1.807, 2.05) is 31.2 Å². The molecule has 0 spiro atoms. The van der Waals surface area contributed by atoms with Gasteiger partial charge in [0.15, 0.2) is 5.82 Å². The van der Waals surface area contributed by atoms with Crippen molar-refractivity contribution in [1.82, 2.24) is 24.8 Å². The molecule has 0 radical (unpaired) electrons. The van der Waals surface area contributed by atoms with E-state index in [9.17, 15) is 0 Å². The van der Waals surface area contributed by atoms with E-state index in [0.717, 1.165) is 11.3 Å². The summed E-state index contributed by atoms with van der Waals surface area (Å²) in [6.45, 7) is 1.83. The summed E-state index contributed by atoms with van der Waals surface area (Å²) in [5.41, 5.74) is 1.66. The highest BCUT2D eigenvalue weighted by Crippen LogP contribution is 2.20. The lowest BCUT2D eigenvalue weighted by Crippen LogP contribution is -1.98. The zero-order valence-corrected chi connectivity index (χ0v) is 9.76. The average Bonchev–Trinajstić information content (AvgIpc) is 2.71. The van der Waals surface area contributed by atoms with Crippen LogP contribution < -0.4 is 0 Å². The van der Waals surface area contributed by atoms with Gasteiger partial charge in [0.2, 0.25) is 0 Å². The second-order valence-electron chi connectivity index (χ2n) is 3.61. The molecule has 0 N–H and O–H groups in total. The summed E-state index contributed by atoms with van der Waals surface area (Å²) in [4.78, 5) is 4.19. The maximum atomic E-state index is 5.94. The van der Waals surface area contributed by atoms with Crippen LogP contribution in [0.1, 0.15) is 5.82 Å². The Morgan fingerprint density at radius 1 is 1.24 bits per heavy atom. The van der Waals surface area contributed by atoms with Gasteiger partial charge in [0.25, 0.3) is 5.78 Å². The van der Waals surface area contributed by atoms with E-state index < -0.39 is 0 Å². The summed E-state index contributed by atoms with van der Waals surface area (Å²) >= 11 is 5.94. The highest BCUT2D eigenvalue weighted by molar-refractivity contribution is 6.30. The molecule has 0 saturated heterocycles. The highest BCUT2D eigenvalue weighted by atomic mass is 35.5. The second-order valence-corrected chi connectivity index (χ2v) is 4.05. The van der Waals surface area contributed by atoms with Gasteiger partial charge in [0.1, 0.15) is 5.69 Å². The summed E-state index contributed by atoms with van der Waals surface area (Å²) in [5.74, 6) is 1.20. The SMILES string of the molecule is Cc1nnc2ncc(-c3cccc(Cl)c3)nn12. The molecule has 3 aromatic rings. The van der Waals surface area contributed by atoms with Crippen LogP contribution in [0.25, 0.3) is 17.0 Å². The summed E-state index contributed by atoms with van der Waals surface area (Å²) in [6, 6.07) is 7.47. The topological polar surface area (TPSA) is 56.0 Å². The van der Waals surface area contributed by atoms with Gasteiger partial charge in [-0.3, -0.25) is 0 Å². The first-order valence-electron chi connectivity index (χ1n) is 5.05. The molecule has 0 aliphatic heterocycles. The van der Waals surface area contributed by atoms with E-state index in [4.69, 9.17) is 11.6 Å². The Morgan fingerprint density at radius 2 is 2.12 bits per heavy atom. The number of hydrogen-bond acceptors (Lipinski definition) is 4. The van der Waals surface area contributed by atoms with Gasteiger partial charge in [-0.15, -0.1) is 10.2 Å². The predicted octanol–water partition coefficient (Wildman–Crippen LogP) is 2.15. The molecule has 0 bridgehead atoms. The first-order chi connectivity index (χ1) is 8.24. The van der Waals surface area contributed by atoms with Crippen LogP contribution in [-0.2, 0) is 0 Å². The van der Waals surface area contributed by atoms with Gasteiger partial charge in [-0.2, -0.15) is 9.61 Å². The van der Waals surface area contributed by atoms with Crippen molar-refractivity contribution in [3.63, 3.8) is 0 Å².